The van der Waals surface area contributed by atoms with Gasteiger partial charge in [0.1, 0.15) is 11.7 Å². The number of esters is 1. The van der Waals surface area contributed by atoms with Crippen LogP contribution in [0.5, 0.6) is 0 Å². The van der Waals surface area contributed by atoms with Crippen molar-refractivity contribution in [3.63, 3.8) is 0 Å². The maximum absolute atomic E-state index is 11.2. The van der Waals surface area contributed by atoms with Gasteiger partial charge < -0.3 is 20.1 Å². The van der Waals surface area contributed by atoms with Crippen LogP contribution in [-0.2, 0) is 14.3 Å². The third-order valence-corrected chi connectivity index (χ3v) is 2.02. The summed E-state index contributed by atoms with van der Waals surface area (Å²) in [6, 6.07) is 0. The van der Waals surface area contributed by atoms with E-state index in [0.717, 1.165) is 0 Å². The lowest BCUT2D eigenvalue weighted by molar-refractivity contribution is -0.356. The van der Waals surface area contributed by atoms with Gasteiger partial charge in [-0.05, 0) is 20.3 Å². The number of carbonyl (C=O) groups is 2. The number of Topliss-reactive ketones (excluding diaryl/α,β-unsaturated/α-hetero) is 1. The van der Waals surface area contributed by atoms with E-state index in [4.69, 9.17) is 15.3 Å². The van der Waals surface area contributed by atoms with E-state index in [2.05, 4.69) is 4.74 Å². The molecule has 0 aromatic carbocycles. The second kappa shape index (κ2) is 5.20. The minimum absolute atomic E-state index is 0.0138. The van der Waals surface area contributed by atoms with Gasteiger partial charge in [0.05, 0.1) is 0 Å². The van der Waals surface area contributed by atoms with E-state index in [1.54, 1.807) is 0 Å². The lowest BCUT2D eigenvalue weighted by atomic mass is 10.1. The highest BCUT2D eigenvalue weighted by Gasteiger charge is 2.35. The highest BCUT2D eigenvalue weighted by Crippen LogP contribution is 2.13. The number of hydrogen-bond acceptors (Lipinski definition) is 6. The number of rotatable bonds is 5. The SMILES string of the molecule is CCC(OC(=O)C(C)C(C)=O)C(O)(O)O. The molecule has 0 bridgehead atoms. The molecule has 0 aliphatic heterocycles. The van der Waals surface area contributed by atoms with E-state index >= 15 is 0 Å². The Morgan fingerprint density at radius 2 is 1.80 bits per heavy atom. The van der Waals surface area contributed by atoms with Gasteiger partial charge in [-0.2, -0.15) is 0 Å². The van der Waals surface area contributed by atoms with Crippen LogP contribution in [-0.4, -0.2) is 39.1 Å². The second-order valence-electron chi connectivity index (χ2n) is 3.35. The minimum atomic E-state index is -3.08. The monoisotopic (exact) mass is 220 g/mol. The maximum Gasteiger partial charge on any atom is 0.316 e. The fourth-order valence-electron chi connectivity index (χ4n) is 0.844. The molecule has 6 heteroatoms. The molecular formula is C9H16O6. The molecule has 88 valence electrons. The van der Waals surface area contributed by atoms with Crippen LogP contribution in [0, 0.1) is 5.92 Å². The first kappa shape index (κ1) is 14.0. The summed E-state index contributed by atoms with van der Waals surface area (Å²) in [6.45, 7) is 4.05. The third-order valence-electron chi connectivity index (χ3n) is 2.02. The van der Waals surface area contributed by atoms with Crippen LogP contribution in [0.3, 0.4) is 0 Å². The Bertz CT molecular complexity index is 241. The van der Waals surface area contributed by atoms with E-state index in [0.29, 0.717) is 0 Å². The summed E-state index contributed by atoms with van der Waals surface area (Å²) in [5, 5.41) is 26.4. The van der Waals surface area contributed by atoms with Crippen molar-refractivity contribution >= 4 is 11.8 Å². The number of aliphatic hydroxyl groups is 3. The zero-order valence-electron chi connectivity index (χ0n) is 8.93. The van der Waals surface area contributed by atoms with E-state index < -0.39 is 29.7 Å². The predicted octanol–water partition coefficient (Wildman–Crippen LogP) is -0.836. The topological polar surface area (TPSA) is 104 Å². The van der Waals surface area contributed by atoms with Crippen molar-refractivity contribution in [2.45, 2.75) is 39.3 Å². The van der Waals surface area contributed by atoms with Gasteiger partial charge in [0.25, 0.3) is 0 Å². The molecule has 2 atom stereocenters. The first-order valence-electron chi connectivity index (χ1n) is 4.58. The Morgan fingerprint density at radius 3 is 2.07 bits per heavy atom. The first-order chi connectivity index (χ1) is 6.70. The Balaban J connectivity index is 4.45. The van der Waals surface area contributed by atoms with Crippen molar-refractivity contribution in [2.24, 2.45) is 5.92 Å². The molecule has 0 fully saturated rings. The molecule has 2 unspecified atom stereocenters. The summed E-state index contributed by atoms with van der Waals surface area (Å²) in [6.07, 6.45) is -1.45. The van der Waals surface area contributed by atoms with Gasteiger partial charge in [-0.25, -0.2) is 0 Å². The molecule has 0 aromatic rings. The van der Waals surface area contributed by atoms with Crippen molar-refractivity contribution in [1.29, 1.82) is 0 Å². The lowest BCUT2D eigenvalue weighted by Crippen LogP contribution is -2.45. The average Bonchev–Trinajstić information content (AvgIpc) is 2.10. The van der Waals surface area contributed by atoms with Crippen molar-refractivity contribution in [1.82, 2.24) is 0 Å². The molecule has 0 spiro atoms. The molecule has 0 heterocycles. The molecule has 6 nitrogen and oxygen atoms in total. The number of carbonyl (C=O) groups excluding carboxylic acids is 2. The van der Waals surface area contributed by atoms with Crippen LogP contribution >= 0.6 is 0 Å². The van der Waals surface area contributed by atoms with Gasteiger partial charge in [0, 0.05) is 0 Å². The smallest absolute Gasteiger partial charge is 0.316 e. The fraction of sp³-hybridized carbons (Fsp3) is 0.778. The van der Waals surface area contributed by atoms with Gasteiger partial charge in [-0.15, -0.1) is 0 Å². The molecule has 15 heavy (non-hydrogen) atoms. The summed E-state index contributed by atoms with van der Waals surface area (Å²) >= 11 is 0. The molecule has 0 aliphatic rings. The Morgan fingerprint density at radius 1 is 1.33 bits per heavy atom. The summed E-state index contributed by atoms with van der Waals surface area (Å²) in [7, 11) is 0. The van der Waals surface area contributed by atoms with E-state index in [9.17, 15) is 9.59 Å². The summed E-state index contributed by atoms with van der Waals surface area (Å²) in [4.78, 5) is 22.0. The van der Waals surface area contributed by atoms with Crippen molar-refractivity contribution in [2.75, 3.05) is 0 Å². The molecule has 0 amide bonds. The number of ketones is 1. The van der Waals surface area contributed by atoms with Gasteiger partial charge in [0.15, 0.2) is 6.10 Å². The van der Waals surface area contributed by atoms with Gasteiger partial charge in [-0.1, -0.05) is 6.92 Å². The molecule has 3 N–H and O–H groups in total. The van der Waals surface area contributed by atoms with E-state index in [1.807, 2.05) is 0 Å². The molecule has 0 rings (SSSR count). The molecule has 0 aromatic heterocycles. The first-order valence-corrected chi connectivity index (χ1v) is 4.58. The Hall–Kier alpha value is -0.980. The molecular weight excluding hydrogens is 204 g/mol. The maximum atomic E-state index is 11.2. The van der Waals surface area contributed by atoms with Gasteiger partial charge in [0.2, 0.25) is 0 Å². The average molecular weight is 220 g/mol. The normalized spacial score (nSPS) is 15.6. The van der Waals surface area contributed by atoms with E-state index in [1.165, 1.54) is 20.8 Å². The third kappa shape index (κ3) is 4.37. The predicted molar refractivity (Wildman–Crippen MR) is 49.4 cm³/mol. The summed E-state index contributed by atoms with van der Waals surface area (Å²) in [5.74, 6) is -5.35. The fourth-order valence-corrected chi connectivity index (χ4v) is 0.844. The van der Waals surface area contributed by atoms with Crippen molar-refractivity contribution in [3.8, 4) is 0 Å². The van der Waals surface area contributed by atoms with Crippen LogP contribution in [0.4, 0.5) is 0 Å². The van der Waals surface area contributed by atoms with Crippen LogP contribution < -0.4 is 0 Å². The zero-order chi connectivity index (χ0) is 12.2. The van der Waals surface area contributed by atoms with Crippen LogP contribution in [0.25, 0.3) is 0 Å². The minimum Gasteiger partial charge on any atom is -0.453 e. The number of ether oxygens (including phenoxy) is 1. The van der Waals surface area contributed by atoms with Crippen LogP contribution in [0.2, 0.25) is 0 Å². The molecule has 0 aliphatic carbocycles. The van der Waals surface area contributed by atoms with Crippen molar-refractivity contribution in [3.05, 3.63) is 0 Å². The zero-order valence-corrected chi connectivity index (χ0v) is 8.93. The lowest BCUT2D eigenvalue weighted by Gasteiger charge is -2.25. The largest absolute Gasteiger partial charge is 0.453 e. The summed E-state index contributed by atoms with van der Waals surface area (Å²) < 4.78 is 4.58. The molecule has 0 radical (unpaired) electrons. The standard InChI is InChI=1S/C9H16O6/c1-4-7(9(12,13)14)15-8(11)5(2)6(3)10/h5,7,12-14H,4H2,1-3H3. The second-order valence-corrected chi connectivity index (χ2v) is 3.35. The Labute approximate surface area is 87.5 Å². The van der Waals surface area contributed by atoms with E-state index in [-0.39, 0.29) is 6.42 Å². The van der Waals surface area contributed by atoms with Crippen LogP contribution in [0.1, 0.15) is 27.2 Å². The summed E-state index contributed by atoms with van der Waals surface area (Å²) in [5.41, 5.74) is 0. The van der Waals surface area contributed by atoms with Gasteiger partial charge in [-0.3, -0.25) is 9.59 Å². The quantitative estimate of drug-likeness (QED) is 0.317. The molecule has 0 saturated heterocycles. The highest BCUT2D eigenvalue weighted by molar-refractivity contribution is 5.97. The molecule has 0 saturated carbocycles. The highest BCUT2D eigenvalue weighted by atomic mass is 16.7. The number of hydrogen-bond donors (Lipinski definition) is 3. The van der Waals surface area contributed by atoms with Crippen molar-refractivity contribution < 1.29 is 29.6 Å². The van der Waals surface area contributed by atoms with Gasteiger partial charge >= 0.3 is 11.9 Å². The Kier molecular flexibility index (Phi) is 4.86. The van der Waals surface area contributed by atoms with Crippen LogP contribution in [0.15, 0.2) is 0 Å².